The smallest absolute Gasteiger partial charge is 0.317 e. The fourth-order valence-corrected chi connectivity index (χ4v) is 3.26. The largest absolute Gasteiger partial charge is 0.341 e. The van der Waals surface area contributed by atoms with E-state index in [4.69, 9.17) is 0 Å². The number of carbonyl (C=O) groups is 2. The van der Waals surface area contributed by atoms with Crippen LogP contribution in [-0.2, 0) is 0 Å². The fourth-order valence-electron chi connectivity index (χ4n) is 3.26. The molecule has 136 valence electrons. The number of carbonyl (C=O) groups excluding carboxylic acids is 2. The van der Waals surface area contributed by atoms with Crippen molar-refractivity contribution in [2.24, 2.45) is 0 Å². The second kappa shape index (κ2) is 7.99. The van der Waals surface area contributed by atoms with E-state index < -0.39 is 0 Å². The van der Waals surface area contributed by atoms with Crippen LogP contribution in [-0.4, -0.2) is 37.0 Å². The molecule has 0 aromatic heterocycles. The average Bonchev–Trinajstić information content (AvgIpc) is 2.69. The van der Waals surface area contributed by atoms with Crippen molar-refractivity contribution in [3.05, 3.63) is 65.5 Å². The molecule has 0 bridgehead atoms. The maximum absolute atomic E-state index is 13.0. The first kappa shape index (κ1) is 17.9. The Morgan fingerprint density at radius 2 is 1.92 bits per heavy atom. The molecule has 6 heteroatoms. The van der Waals surface area contributed by atoms with Gasteiger partial charge in [0, 0.05) is 37.3 Å². The first-order chi connectivity index (χ1) is 12.6. The molecule has 3 rings (SSSR count). The Balaban J connectivity index is 1.72. The number of nitrogens with zero attached hydrogens (tertiary/aromatic N) is 1. The summed E-state index contributed by atoms with van der Waals surface area (Å²) < 4.78 is 13.0. The average molecular weight is 355 g/mol. The number of nitrogens with one attached hydrogen (secondary N) is 2. The predicted molar refractivity (Wildman–Crippen MR) is 98.8 cm³/mol. The van der Waals surface area contributed by atoms with Crippen LogP contribution in [0.15, 0.2) is 48.5 Å². The lowest BCUT2D eigenvalue weighted by Gasteiger charge is -2.32. The van der Waals surface area contributed by atoms with Crippen LogP contribution in [0.25, 0.3) is 0 Å². The summed E-state index contributed by atoms with van der Waals surface area (Å²) in [7, 11) is 1.63. The number of halogens is 1. The van der Waals surface area contributed by atoms with E-state index in [2.05, 4.69) is 10.6 Å². The Hall–Kier alpha value is -2.89. The molecule has 26 heavy (non-hydrogen) atoms. The molecule has 0 radical (unpaired) electrons. The zero-order chi connectivity index (χ0) is 18.5. The molecule has 5 nitrogen and oxygen atoms in total. The van der Waals surface area contributed by atoms with Gasteiger partial charge >= 0.3 is 6.03 Å². The van der Waals surface area contributed by atoms with E-state index in [9.17, 15) is 14.0 Å². The van der Waals surface area contributed by atoms with Gasteiger partial charge in [-0.2, -0.15) is 0 Å². The molecular formula is C20H22FN3O2. The standard InChI is InChI=1S/C20H22FN3O2/c1-22-20(26)24-11-3-6-16(13-24)14-4-2-5-15(12-14)19(25)23-18-9-7-17(21)8-10-18/h2,4-5,7-10,12,16H,3,6,11,13H2,1H3,(H,22,26)(H,23,25)/t16-/m1/s1. The van der Waals surface area contributed by atoms with Crippen LogP contribution in [0.3, 0.4) is 0 Å². The van der Waals surface area contributed by atoms with Crippen molar-refractivity contribution >= 4 is 17.6 Å². The lowest BCUT2D eigenvalue weighted by molar-refractivity contribution is 0.102. The number of amides is 3. The fraction of sp³-hybridized carbons (Fsp3) is 0.300. The summed E-state index contributed by atoms with van der Waals surface area (Å²) in [6.45, 7) is 1.39. The SMILES string of the molecule is CNC(=O)N1CCC[C@@H](c2cccc(C(=O)Nc3ccc(F)cc3)c2)C1. The summed E-state index contributed by atoms with van der Waals surface area (Å²) in [5.74, 6) is -0.375. The van der Waals surface area contributed by atoms with Gasteiger partial charge in [0.2, 0.25) is 0 Å². The summed E-state index contributed by atoms with van der Waals surface area (Å²) in [6.07, 6.45) is 1.92. The predicted octanol–water partition coefficient (Wildman–Crippen LogP) is 3.60. The van der Waals surface area contributed by atoms with Crippen molar-refractivity contribution in [2.75, 3.05) is 25.5 Å². The quantitative estimate of drug-likeness (QED) is 0.884. The lowest BCUT2D eigenvalue weighted by Crippen LogP contribution is -2.43. The normalized spacial score (nSPS) is 16.8. The molecule has 1 atom stereocenters. The lowest BCUT2D eigenvalue weighted by atomic mass is 9.89. The highest BCUT2D eigenvalue weighted by atomic mass is 19.1. The zero-order valence-electron chi connectivity index (χ0n) is 14.7. The van der Waals surface area contributed by atoms with Crippen molar-refractivity contribution in [1.82, 2.24) is 10.2 Å². The van der Waals surface area contributed by atoms with E-state index in [1.165, 1.54) is 24.3 Å². The number of likely N-dealkylation sites (tertiary alicyclic amines) is 1. The molecule has 2 aromatic carbocycles. The van der Waals surface area contributed by atoms with Gasteiger partial charge in [0.25, 0.3) is 5.91 Å². The molecule has 3 amide bonds. The minimum absolute atomic E-state index is 0.0695. The van der Waals surface area contributed by atoms with Gasteiger partial charge in [-0.25, -0.2) is 9.18 Å². The molecule has 1 saturated heterocycles. The third-order valence-corrected chi connectivity index (χ3v) is 4.64. The highest BCUT2D eigenvalue weighted by molar-refractivity contribution is 6.04. The van der Waals surface area contributed by atoms with Crippen LogP contribution in [0.4, 0.5) is 14.9 Å². The van der Waals surface area contributed by atoms with E-state index in [0.29, 0.717) is 17.8 Å². The summed E-state index contributed by atoms with van der Waals surface area (Å²) in [4.78, 5) is 26.1. The number of anilines is 1. The zero-order valence-corrected chi connectivity index (χ0v) is 14.7. The van der Waals surface area contributed by atoms with Crippen molar-refractivity contribution < 1.29 is 14.0 Å². The first-order valence-electron chi connectivity index (χ1n) is 8.70. The van der Waals surface area contributed by atoms with Gasteiger partial charge in [-0.15, -0.1) is 0 Å². The number of hydrogen-bond donors (Lipinski definition) is 2. The summed E-state index contributed by atoms with van der Waals surface area (Å²) in [5, 5.41) is 5.44. The third-order valence-electron chi connectivity index (χ3n) is 4.64. The second-order valence-corrected chi connectivity index (χ2v) is 6.43. The molecule has 2 N–H and O–H groups in total. The summed E-state index contributed by atoms with van der Waals surface area (Å²) >= 11 is 0. The molecule has 0 unspecified atom stereocenters. The number of rotatable bonds is 3. The molecule has 0 spiro atoms. The Bertz CT molecular complexity index is 792. The number of benzene rings is 2. The van der Waals surface area contributed by atoms with Gasteiger partial charge < -0.3 is 15.5 Å². The number of urea groups is 1. The van der Waals surface area contributed by atoms with Gasteiger partial charge in [-0.1, -0.05) is 12.1 Å². The van der Waals surface area contributed by atoms with E-state index in [-0.39, 0.29) is 23.7 Å². The van der Waals surface area contributed by atoms with Gasteiger partial charge in [-0.3, -0.25) is 4.79 Å². The third kappa shape index (κ3) is 4.20. The van der Waals surface area contributed by atoms with E-state index >= 15 is 0 Å². The van der Waals surface area contributed by atoms with Crippen LogP contribution in [0.2, 0.25) is 0 Å². The van der Waals surface area contributed by atoms with Gasteiger partial charge in [0.15, 0.2) is 0 Å². The van der Waals surface area contributed by atoms with Crippen LogP contribution in [0.1, 0.15) is 34.7 Å². The molecule has 1 aliphatic rings. The van der Waals surface area contributed by atoms with Crippen molar-refractivity contribution in [2.45, 2.75) is 18.8 Å². The maximum Gasteiger partial charge on any atom is 0.317 e. The molecule has 0 aliphatic carbocycles. The Morgan fingerprint density at radius 3 is 2.65 bits per heavy atom. The number of hydrogen-bond acceptors (Lipinski definition) is 2. The summed E-state index contributed by atoms with van der Waals surface area (Å²) in [5.41, 5.74) is 2.14. The van der Waals surface area contributed by atoms with Crippen LogP contribution in [0, 0.1) is 5.82 Å². The molecule has 1 fully saturated rings. The molecule has 1 aliphatic heterocycles. The van der Waals surface area contributed by atoms with Crippen LogP contribution >= 0.6 is 0 Å². The van der Waals surface area contributed by atoms with Crippen molar-refractivity contribution in [3.63, 3.8) is 0 Å². The summed E-state index contributed by atoms with van der Waals surface area (Å²) in [6, 6.07) is 13.1. The van der Waals surface area contributed by atoms with E-state index in [1.54, 1.807) is 18.0 Å². The van der Waals surface area contributed by atoms with Crippen molar-refractivity contribution in [1.29, 1.82) is 0 Å². The van der Waals surface area contributed by atoms with Crippen molar-refractivity contribution in [3.8, 4) is 0 Å². The molecule has 2 aromatic rings. The highest BCUT2D eigenvalue weighted by Crippen LogP contribution is 2.27. The number of piperidine rings is 1. The second-order valence-electron chi connectivity index (χ2n) is 6.43. The molecule has 1 heterocycles. The Labute approximate surface area is 152 Å². The monoisotopic (exact) mass is 355 g/mol. The Kier molecular flexibility index (Phi) is 5.51. The molecule has 0 saturated carbocycles. The van der Waals surface area contributed by atoms with Gasteiger partial charge in [-0.05, 0) is 54.8 Å². The Morgan fingerprint density at radius 1 is 1.15 bits per heavy atom. The van der Waals surface area contributed by atoms with Crippen LogP contribution in [0.5, 0.6) is 0 Å². The minimum Gasteiger partial charge on any atom is -0.341 e. The minimum atomic E-state index is -0.344. The highest BCUT2D eigenvalue weighted by Gasteiger charge is 2.24. The molecular weight excluding hydrogens is 333 g/mol. The maximum atomic E-state index is 13.0. The topological polar surface area (TPSA) is 61.4 Å². The van der Waals surface area contributed by atoms with E-state index in [0.717, 1.165) is 24.9 Å². The van der Waals surface area contributed by atoms with Crippen LogP contribution < -0.4 is 10.6 Å². The van der Waals surface area contributed by atoms with E-state index in [1.807, 2.05) is 18.2 Å². The van der Waals surface area contributed by atoms with Gasteiger partial charge in [0.05, 0.1) is 0 Å². The van der Waals surface area contributed by atoms with Gasteiger partial charge in [0.1, 0.15) is 5.82 Å². The first-order valence-corrected chi connectivity index (χ1v) is 8.70.